The van der Waals surface area contributed by atoms with Crippen molar-refractivity contribution in [2.75, 3.05) is 12.4 Å². The quantitative estimate of drug-likeness (QED) is 0.845. The molecule has 0 aliphatic rings. The number of nitrogens with zero attached hydrogens (tertiary/aromatic N) is 4. The highest BCUT2D eigenvalue weighted by Crippen LogP contribution is 2.31. The van der Waals surface area contributed by atoms with Crippen molar-refractivity contribution in [2.24, 2.45) is 0 Å². The van der Waals surface area contributed by atoms with Crippen LogP contribution in [-0.4, -0.2) is 26.4 Å². The van der Waals surface area contributed by atoms with Gasteiger partial charge in [0.05, 0.1) is 0 Å². The molecule has 0 bridgehead atoms. The molecule has 0 saturated heterocycles. The van der Waals surface area contributed by atoms with E-state index in [-0.39, 0.29) is 0 Å². The minimum atomic E-state index is 0.799. The monoisotopic (exact) mass is 253 g/mol. The summed E-state index contributed by atoms with van der Waals surface area (Å²) in [5.41, 5.74) is 1.03. The summed E-state index contributed by atoms with van der Waals surface area (Å²) >= 11 is 2.91. The molecule has 0 saturated carbocycles. The molecule has 5 nitrogen and oxygen atoms in total. The second-order valence-electron chi connectivity index (χ2n) is 3.11. The van der Waals surface area contributed by atoms with Crippen LogP contribution in [0.2, 0.25) is 0 Å². The van der Waals surface area contributed by atoms with Crippen LogP contribution in [0.25, 0.3) is 0 Å². The van der Waals surface area contributed by atoms with Crippen LogP contribution in [0, 0.1) is 13.8 Å². The lowest BCUT2D eigenvalue weighted by Crippen LogP contribution is -1.98. The van der Waals surface area contributed by atoms with E-state index in [9.17, 15) is 0 Å². The van der Waals surface area contributed by atoms with Gasteiger partial charge in [-0.3, -0.25) is 0 Å². The fraction of sp³-hybridized carbons (Fsp3) is 0.333. The highest BCUT2D eigenvalue weighted by atomic mass is 32.2. The van der Waals surface area contributed by atoms with Gasteiger partial charge in [0.25, 0.3) is 0 Å². The van der Waals surface area contributed by atoms with Gasteiger partial charge in [0.1, 0.15) is 23.0 Å². The first kappa shape index (κ1) is 11.3. The summed E-state index contributed by atoms with van der Waals surface area (Å²) in [7, 11) is 1.85. The number of anilines is 1. The summed E-state index contributed by atoms with van der Waals surface area (Å²) in [5.74, 6) is 1.65. The summed E-state index contributed by atoms with van der Waals surface area (Å²) in [5, 5.41) is 3.94. The van der Waals surface area contributed by atoms with Crippen molar-refractivity contribution in [2.45, 2.75) is 23.2 Å². The van der Waals surface area contributed by atoms with Gasteiger partial charge in [-0.05, 0) is 37.1 Å². The van der Waals surface area contributed by atoms with Crippen molar-refractivity contribution in [1.29, 1.82) is 0 Å². The van der Waals surface area contributed by atoms with Crippen molar-refractivity contribution in [3.05, 3.63) is 17.7 Å². The van der Waals surface area contributed by atoms with Crippen molar-refractivity contribution < 1.29 is 0 Å². The van der Waals surface area contributed by atoms with E-state index in [0.29, 0.717) is 0 Å². The number of rotatable bonds is 3. The van der Waals surface area contributed by atoms with Gasteiger partial charge in [0.15, 0.2) is 4.34 Å². The molecule has 0 spiro atoms. The van der Waals surface area contributed by atoms with Crippen LogP contribution in [-0.2, 0) is 0 Å². The predicted molar refractivity (Wildman–Crippen MR) is 65.1 cm³/mol. The fourth-order valence-corrected chi connectivity index (χ4v) is 2.81. The zero-order valence-corrected chi connectivity index (χ0v) is 10.8. The standard InChI is InChI=1S/C9H11N5S2/c1-5-7(10-3)11-4-12-8(5)15-9-13-6(2)14-16-9/h4H,1-3H3,(H,10,11,12). The maximum Gasteiger partial charge on any atom is 0.176 e. The van der Waals surface area contributed by atoms with Crippen molar-refractivity contribution >= 4 is 29.1 Å². The van der Waals surface area contributed by atoms with Gasteiger partial charge in [-0.1, -0.05) is 0 Å². The highest BCUT2D eigenvalue weighted by molar-refractivity contribution is 8.00. The average molecular weight is 253 g/mol. The third-order valence-corrected chi connectivity index (χ3v) is 3.91. The molecule has 0 aliphatic carbocycles. The van der Waals surface area contributed by atoms with Crippen LogP contribution in [0.15, 0.2) is 15.7 Å². The molecule has 7 heteroatoms. The molecule has 2 aromatic rings. The van der Waals surface area contributed by atoms with E-state index < -0.39 is 0 Å². The van der Waals surface area contributed by atoms with E-state index >= 15 is 0 Å². The second kappa shape index (κ2) is 4.75. The Morgan fingerprint density at radius 3 is 2.75 bits per heavy atom. The first-order valence-corrected chi connectivity index (χ1v) is 6.27. The highest BCUT2D eigenvalue weighted by Gasteiger charge is 2.09. The summed E-state index contributed by atoms with van der Waals surface area (Å²) in [6, 6.07) is 0. The molecule has 0 atom stereocenters. The van der Waals surface area contributed by atoms with Gasteiger partial charge in [-0.15, -0.1) is 0 Å². The normalized spacial score (nSPS) is 10.4. The van der Waals surface area contributed by atoms with E-state index in [2.05, 4.69) is 24.6 Å². The Morgan fingerprint density at radius 2 is 2.12 bits per heavy atom. The molecule has 2 aromatic heterocycles. The smallest absolute Gasteiger partial charge is 0.176 e. The minimum Gasteiger partial charge on any atom is -0.373 e. The van der Waals surface area contributed by atoms with E-state index in [1.807, 2.05) is 20.9 Å². The Hall–Kier alpha value is -1.21. The van der Waals surface area contributed by atoms with Crippen LogP contribution >= 0.6 is 23.3 Å². The molecule has 0 aliphatic heterocycles. The summed E-state index contributed by atoms with van der Waals surface area (Å²) in [6.45, 7) is 3.87. The van der Waals surface area contributed by atoms with Gasteiger partial charge in [0.2, 0.25) is 0 Å². The van der Waals surface area contributed by atoms with Crippen molar-refractivity contribution in [3.8, 4) is 0 Å². The number of hydrogen-bond donors (Lipinski definition) is 1. The van der Waals surface area contributed by atoms with Crippen molar-refractivity contribution in [3.63, 3.8) is 0 Å². The van der Waals surface area contributed by atoms with Gasteiger partial charge >= 0.3 is 0 Å². The van der Waals surface area contributed by atoms with Crippen LogP contribution in [0.5, 0.6) is 0 Å². The summed E-state index contributed by atoms with van der Waals surface area (Å²) in [4.78, 5) is 12.7. The van der Waals surface area contributed by atoms with E-state index in [1.165, 1.54) is 23.3 Å². The van der Waals surface area contributed by atoms with E-state index in [1.54, 1.807) is 6.33 Å². The molecule has 2 rings (SSSR count). The molecule has 0 unspecified atom stereocenters. The molecular formula is C9H11N5S2. The summed E-state index contributed by atoms with van der Waals surface area (Å²) in [6.07, 6.45) is 1.55. The molecule has 2 heterocycles. The Bertz CT molecular complexity index is 496. The first-order valence-electron chi connectivity index (χ1n) is 4.68. The predicted octanol–water partition coefficient (Wildman–Crippen LogP) is 2.14. The SMILES string of the molecule is CNc1ncnc(Sc2nc(C)ns2)c1C. The lowest BCUT2D eigenvalue weighted by atomic mass is 10.3. The Kier molecular flexibility index (Phi) is 3.35. The van der Waals surface area contributed by atoms with Crippen LogP contribution in [0.4, 0.5) is 5.82 Å². The summed E-state index contributed by atoms with van der Waals surface area (Å²) < 4.78 is 5.04. The maximum atomic E-state index is 4.29. The third kappa shape index (κ3) is 2.30. The number of nitrogens with one attached hydrogen (secondary N) is 1. The molecule has 1 N–H and O–H groups in total. The zero-order chi connectivity index (χ0) is 11.5. The number of hydrogen-bond acceptors (Lipinski definition) is 7. The second-order valence-corrected chi connectivity index (χ2v) is 5.10. The molecule has 0 radical (unpaired) electrons. The van der Waals surface area contributed by atoms with Gasteiger partial charge < -0.3 is 5.32 Å². The van der Waals surface area contributed by atoms with Crippen LogP contribution in [0.3, 0.4) is 0 Å². The lowest BCUT2D eigenvalue weighted by molar-refractivity contribution is 1.00. The van der Waals surface area contributed by atoms with Gasteiger partial charge in [0, 0.05) is 12.6 Å². The van der Waals surface area contributed by atoms with Crippen LogP contribution in [0.1, 0.15) is 11.4 Å². The lowest BCUT2D eigenvalue weighted by Gasteiger charge is -2.06. The topological polar surface area (TPSA) is 63.6 Å². The average Bonchev–Trinajstić information content (AvgIpc) is 2.67. The number of aryl methyl sites for hydroxylation is 1. The Morgan fingerprint density at radius 1 is 1.31 bits per heavy atom. The molecule has 16 heavy (non-hydrogen) atoms. The fourth-order valence-electron chi connectivity index (χ4n) is 1.19. The molecule has 0 aromatic carbocycles. The first-order chi connectivity index (χ1) is 7.70. The van der Waals surface area contributed by atoms with Gasteiger partial charge in [-0.25, -0.2) is 15.0 Å². The van der Waals surface area contributed by atoms with E-state index in [4.69, 9.17) is 0 Å². The van der Waals surface area contributed by atoms with E-state index in [0.717, 1.165) is 26.6 Å². The Labute approximate surface area is 102 Å². The maximum absolute atomic E-state index is 4.29. The molecule has 0 fully saturated rings. The minimum absolute atomic E-state index is 0.799. The third-order valence-electron chi connectivity index (χ3n) is 1.97. The van der Waals surface area contributed by atoms with Crippen LogP contribution < -0.4 is 5.32 Å². The Balaban J connectivity index is 2.28. The molecule has 0 amide bonds. The molecular weight excluding hydrogens is 242 g/mol. The largest absolute Gasteiger partial charge is 0.373 e. The molecule has 84 valence electrons. The number of aromatic nitrogens is 4. The zero-order valence-electron chi connectivity index (χ0n) is 9.18. The van der Waals surface area contributed by atoms with Crippen molar-refractivity contribution in [1.82, 2.24) is 19.3 Å². The van der Waals surface area contributed by atoms with Gasteiger partial charge in [-0.2, -0.15) is 4.37 Å².